The summed E-state index contributed by atoms with van der Waals surface area (Å²) in [7, 11) is 0. The lowest BCUT2D eigenvalue weighted by atomic mass is 9.99. The van der Waals surface area contributed by atoms with Crippen LogP contribution in [0.1, 0.15) is 17.3 Å². The molecule has 1 N–H and O–H groups in total. The van der Waals surface area contributed by atoms with Gasteiger partial charge in [-0.1, -0.05) is 6.92 Å². The molecule has 8 heteroatoms. The number of nitrogens with zero attached hydrogens (tertiary/aromatic N) is 1. The first-order chi connectivity index (χ1) is 10.2. The maximum Gasteiger partial charge on any atom is 0.573 e. The van der Waals surface area contributed by atoms with Gasteiger partial charge in [0.2, 0.25) is 0 Å². The molecule has 0 aliphatic carbocycles. The van der Waals surface area contributed by atoms with Crippen LogP contribution in [0.3, 0.4) is 0 Å². The Bertz CT molecular complexity index is 570. The summed E-state index contributed by atoms with van der Waals surface area (Å²) in [6, 6.07) is 4.55. The third-order valence-electron chi connectivity index (χ3n) is 3.55. The second-order valence-corrected chi connectivity index (χ2v) is 5.20. The first-order valence-electron chi connectivity index (χ1n) is 6.55. The molecule has 22 heavy (non-hydrogen) atoms. The minimum absolute atomic E-state index is 0.0934. The van der Waals surface area contributed by atoms with Crippen molar-refractivity contribution in [2.75, 3.05) is 13.1 Å². The summed E-state index contributed by atoms with van der Waals surface area (Å²) >= 11 is 0. The van der Waals surface area contributed by atoms with Crippen LogP contribution in [0.15, 0.2) is 24.3 Å². The Morgan fingerprint density at radius 1 is 1.23 bits per heavy atom. The zero-order chi connectivity index (χ0) is 16.5. The van der Waals surface area contributed by atoms with Crippen LogP contribution in [0.4, 0.5) is 13.2 Å². The van der Waals surface area contributed by atoms with E-state index >= 15 is 0 Å². The molecular formula is C14H14F3NO4. The molecule has 1 fully saturated rings. The fraction of sp³-hybridized carbons (Fsp3) is 0.429. The zero-order valence-electron chi connectivity index (χ0n) is 11.6. The molecule has 2 atom stereocenters. The Balaban J connectivity index is 2.06. The largest absolute Gasteiger partial charge is 0.573 e. The third-order valence-corrected chi connectivity index (χ3v) is 3.55. The lowest BCUT2D eigenvalue weighted by molar-refractivity contribution is -0.274. The predicted octanol–water partition coefficient (Wildman–Crippen LogP) is 2.38. The van der Waals surface area contributed by atoms with Crippen molar-refractivity contribution < 1.29 is 32.6 Å². The average molecular weight is 317 g/mol. The molecule has 0 unspecified atom stereocenters. The minimum atomic E-state index is -4.79. The van der Waals surface area contributed by atoms with Gasteiger partial charge in [-0.05, 0) is 30.2 Å². The molecule has 5 nitrogen and oxygen atoms in total. The number of likely N-dealkylation sites (tertiary alicyclic amines) is 1. The molecule has 0 spiro atoms. The minimum Gasteiger partial charge on any atom is -0.481 e. The lowest BCUT2D eigenvalue weighted by Gasteiger charge is -2.16. The molecule has 1 aliphatic heterocycles. The van der Waals surface area contributed by atoms with Crippen molar-refractivity contribution in [1.82, 2.24) is 4.90 Å². The smallest absolute Gasteiger partial charge is 0.481 e. The topological polar surface area (TPSA) is 66.8 Å². The number of benzene rings is 1. The molecule has 1 aliphatic rings. The monoisotopic (exact) mass is 317 g/mol. The second kappa shape index (κ2) is 5.86. The molecule has 0 aromatic heterocycles. The van der Waals surface area contributed by atoms with Crippen LogP contribution < -0.4 is 4.74 Å². The first kappa shape index (κ1) is 16.1. The Morgan fingerprint density at radius 2 is 1.82 bits per heavy atom. The van der Waals surface area contributed by atoms with Crippen LogP contribution in [0.25, 0.3) is 0 Å². The SMILES string of the molecule is C[C@@H]1CN(C(=O)c2ccc(OC(F)(F)F)cc2)C[C@H]1C(=O)O. The highest BCUT2D eigenvalue weighted by Crippen LogP contribution is 2.26. The van der Waals surface area contributed by atoms with Crippen LogP contribution in [0.5, 0.6) is 5.75 Å². The molecule has 1 heterocycles. The number of carbonyl (C=O) groups is 2. The first-order valence-corrected chi connectivity index (χ1v) is 6.55. The highest BCUT2D eigenvalue weighted by atomic mass is 19.4. The van der Waals surface area contributed by atoms with E-state index in [1.807, 2.05) is 0 Å². The van der Waals surface area contributed by atoms with Gasteiger partial charge in [-0.3, -0.25) is 9.59 Å². The van der Waals surface area contributed by atoms with Gasteiger partial charge in [0.1, 0.15) is 5.75 Å². The summed E-state index contributed by atoms with van der Waals surface area (Å²) in [5.41, 5.74) is 0.188. The van der Waals surface area contributed by atoms with Crippen LogP contribution in [0, 0.1) is 11.8 Å². The summed E-state index contributed by atoms with van der Waals surface area (Å²) in [6.45, 7) is 2.14. The number of hydrogen-bond donors (Lipinski definition) is 1. The Labute approximate surface area is 124 Å². The summed E-state index contributed by atoms with van der Waals surface area (Å²) in [6.07, 6.45) is -4.79. The molecule has 120 valence electrons. The van der Waals surface area contributed by atoms with Crippen molar-refractivity contribution in [3.8, 4) is 5.75 Å². The summed E-state index contributed by atoms with van der Waals surface area (Å²) in [5, 5.41) is 9.04. The van der Waals surface area contributed by atoms with Gasteiger partial charge in [-0.2, -0.15) is 0 Å². The number of amides is 1. The van der Waals surface area contributed by atoms with E-state index in [1.54, 1.807) is 6.92 Å². The van der Waals surface area contributed by atoms with Crippen LogP contribution >= 0.6 is 0 Å². The van der Waals surface area contributed by atoms with Gasteiger partial charge >= 0.3 is 12.3 Å². The fourth-order valence-corrected chi connectivity index (χ4v) is 2.44. The van der Waals surface area contributed by atoms with Gasteiger partial charge in [0, 0.05) is 18.7 Å². The highest BCUT2D eigenvalue weighted by Gasteiger charge is 2.37. The van der Waals surface area contributed by atoms with E-state index < -0.39 is 29.9 Å². The molecule has 2 rings (SSSR count). The van der Waals surface area contributed by atoms with Crippen molar-refractivity contribution in [2.45, 2.75) is 13.3 Å². The number of carboxylic acid groups (broad SMARTS) is 1. The molecule has 0 radical (unpaired) electrons. The number of alkyl halides is 3. The molecule has 0 bridgehead atoms. The Hall–Kier alpha value is -2.25. The highest BCUT2D eigenvalue weighted by molar-refractivity contribution is 5.95. The number of aliphatic carboxylic acids is 1. The van der Waals surface area contributed by atoms with Crippen LogP contribution in [-0.4, -0.2) is 41.3 Å². The van der Waals surface area contributed by atoms with E-state index in [4.69, 9.17) is 5.11 Å². The Morgan fingerprint density at radius 3 is 2.27 bits per heavy atom. The standard InChI is InChI=1S/C14H14F3NO4/c1-8-6-18(7-11(8)13(20)21)12(19)9-2-4-10(5-3-9)22-14(15,16)17/h2-5,8,11H,6-7H2,1H3,(H,20,21)/t8-,11-/m1/s1. The van der Waals surface area contributed by atoms with Gasteiger partial charge in [0.15, 0.2) is 0 Å². The van der Waals surface area contributed by atoms with E-state index in [2.05, 4.69) is 4.74 Å². The zero-order valence-corrected chi connectivity index (χ0v) is 11.6. The van der Waals surface area contributed by atoms with Crippen molar-refractivity contribution >= 4 is 11.9 Å². The maximum atomic E-state index is 12.2. The van der Waals surface area contributed by atoms with Gasteiger partial charge in [-0.25, -0.2) is 0 Å². The number of ether oxygens (including phenoxy) is 1. The molecule has 0 saturated carbocycles. The summed E-state index contributed by atoms with van der Waals surface area (Å²) in [5.74, 6) is -2.58. The Kier molecular flexibility index (Phi) is 4.30. The van der Waals surface area contributed by atoms with Crippen molar-refractivity contribution in [1.29, 1.82) is 0 Å². The molecule has 1 saturated heterocycles. The van der Waals surface area contributed by atoms with Gasteiger partial charge < -0.3 is 14.7 Å². The normalized spacial score (nSPS) is 21.7. The van der Waals surface area contributed by atoms with Gasteiger partial charge in [0.05, 0.1) is 5.92 Å². The van der Waals surface area contributed by atoms with E-state index in [-0.39, 0.29) is 18.0 Å². The fourth-order valence-electron chi connectivity index (χ4n) is 2.44. The number of hydrogen-bond acceptors (Lipinski definition) is 3. The lowest BCUT2D eigenvalue weighted by Crippen LogP contribution is -2.29. The van der Waals surface area contributed by atoms with Crippen molar-refractivity contribution in [2.24, 2.45) is 11.8 Å². The molecular weight excluding hydrogens is 303 g/mol. The molecule has 1 aromatic rings. The summed E-state index contributed by atoms with van der Waals surface area (Å²) in [4.78, 5) is 24.7. The average Bonchev–Trinajstić information content (AvgIpc) is 2.79. The van der Waals surface area contributed by atoms with Crippen LogP contribution in [-0.2, 0) is 4.79 Å². The predicted molar refractivity (Wildman–Crippen MR) is 69.3 cm³/mol. The molecule has 1 amide bonds. The van der Waals surface area contributed by atoms with E-state index in [0.717, 1.165) is 12.1 Å². The molecule has 1 aromatic carbocycles. The van der Waals surface area contributed by atoms with Crippen molar-refractivity contribution in [3.05, 3.63) is 29.8 Å². The number of carbonyl (C=O) groups excluding carboxylic acids is 1. The number of halogens is 3. The summed E-state index contributed by atoms with van der Waals surface area (Å²) < 4.78 is 39.9. The quantitative estimate of drug-likeness (QED) is 0.929. The third kappa shape index (κ3) is 3.69. The van der Waals surface area contributed by atoms with E-state index in [0.29, 0.717) is 6.54 Å². The van der Waals surface area contributed by atoms with E-state index in [9.17, 15) is 22.8 Å². The number of carboxylic acids is 1. The van der Waals surface area contributed by atoms with Crippen molar-refractivity contribution in [3.63, 3.8) is 0 Å². The van der Waals surface area contributed by atoms with Gasteiger partial charge in [0.25, 0.3) is 5.91 Å². The number of rotatable bonds is 3. The van der Waals surface area contributed by atoms with Gasteiger partial charge in [-0.15, -0.1) is 13.2 Å². The second-order valence-electron chi connectivity index (χ2n) is 5.20. The van der Waals surface area contributed by atoms with Crippen LogP contribution in [0.2, 0.25) is 0 Å². The maximum absolute atomic E-state index is 12.2. The van der Waals surface area contributed by atoms with E-state index in [1.165, 1.54) is 17.0 Å².